The average Bonchev–Trinajstić information content (AvgIpc) is 2.53. The number of nitrogens with zero attached hydrogens (tertiary/aromatic N) is 2. The highest BCUT2D eigenvalue weighted by atomic mass is 16.2. The van der Waals surface area contributed by atoms with Crippen LogP contribution in [0.15, 0.2) is 0 Å². The number of carbonyl (C=O) groups excluding carboxylic acids is 4. The molecule has 1 aliphatic rings. The first-order chi connectivity index (χ1) is 8.42. The minimum Gasteiger partial charge on any atom is -0.352 e. The Morgan fingerprint density at radius 3 is 2.17 bits per heavy atom. The molecule has 1 aliphatic heterocycles. The molecule has 0 aliphatic carbocycles. The van der Waals surface area contributed by atoms with Gasteiger partial charge >= 0.3 is 17.8 Å². The molecule has 5 amide bonds. The van der Waals surface area contributed by atoms with Gasteiger partial charge < -0.3 is 5.32 Å². The van der Waals surface area contributed by atoms with Crippen molar-refractivity contribution in [2.75, 3.05) is 13.1 Å². The van der Waals surface area contributed by atoms with E-state index in [4.69, 9.17) is 0 Å². The Kier molecular flexibility index (Phi) is 4.41. The van der Waals surface area contributed by atoms with Crippen molar-refractivity contribution in [3.63, 3.8) is 0 Å². The van der Waals surface area contributed by atoms with Gasteiger partial charge in [0.15, 0.2) is 0 Å². The molecule has 0 unspecified atom stereocenters. The fraction of sp³-hybridized carbons (Fsp3) is 0.636. The molecule has 0 saturated carbocycles. The highest BCUT2D eigenvalue weighted by molar-refractivity contribution is 6.45. The van der Waals surface area contributed by atoms with Crippen LogP contribution in [-0.4, -0.2) is 52.7 Å². The highest BCUT2D eigenvalue weighted by Gasteiger charge is 2.44. The molecule has 1 fully saturated rings. The Morgan fingerprint density at radius 2 is 1.72 bits per heavy atom. The summed E-state index contributed by atoms with van der Waals surface area (Å²) < 4.78 is 0. The van der Waals surface area contributed by atoms with Crippen LogP contribution in [0.5, 0.6) is 0 Å². The summed E-state index contributed by atoms with van der Waals surface area (Å²) in [7, 11) is 0. The lowest BCUT2D eigenvalue weighted by molar-refractivity contribution is -0.144. The van der Waals surface area contributed by atoms with E-state index in [9.17, 15) is 19.2 Å². The predicted octanol–water partition coefficient (Wildman–Crippen LogP) is -0.288. The van der Waals surface area contributed by atoms with E-state index in [2.05, 4.69) is 5.32 Å². The van der Waals surface area contributed by atoms with Crippen LogP contribution in [0.2, 0.25) is 0 Å². The fourth-order valence-electron chi connectivity index (χ4n) is 1.53. The number of rotatable bonds is 5. The maximum absolute atomic E-state index is 11.7. The second kappa shape index (κ2) is 5.61. The van der Waals surface area contributed by atoms with Crippen LogP contribution in [0.25, 0.3) is 0 Å². The minimum atomic E-state index is -0.943. The van der Waals surface area contributed by atoms with Gasteiger partial charge in [-0.1, -0.05) is 6.92 Å². The number of urea groups is 1. The summed E-state index contributed by atoms with van der Waals surface area (Å²) in [4.78, 5) is 47.6. The van der Waals surface area contributed by atoms with Crippen molar-refractivity contribution in [2.45, 2.75) is 33.2 Å². The molecule has 1 N–H and O–H groups in total. The van der Waals surface area contributed by atoms with E-state index in [1.807, 2.05) is 13.8 Å². The molecule has 1 heterocycles. The fourth-order valence-corrected chi connectivity index (χ4v) is 1.53. The van der Waals surface area contributed by atoms with Crippen molar-refractivity contribution in [1.29, 1.82) is 0 Å². The Hall–Kier alpha value is -1.92. The molecule has 0 bridgehead atoms. The van der Waals surface area contributed by atoms with Crippen LogP contribution in [0.4, 0.5) is 4.79 Å². The topological polar surface area (TPSA) is 86.8 Å². The normalized spacial score (nSPS) is 17.4. The third kappa shape index (κ3) is 2.66. The van der Waals surface area contributed by atoms with Gasteiger partial charge in [-0.15, -0.1) is 0 Å². The first kappa shape index (κ1) is 14.1. The van der Waals surface area contributed by atoms with Gasteiger partial charge in [0.25, 0.3) is 0 Å². The number of carbonyl (C=O) groups is 4. The van der Waals surface area contributed by atoms with E-state index in [0.717, 1.165) is 11.3 Å². The summed E-state index contributed by atoms with van der Waals surface area (Å²) in [5.74, 6) is -2.27. The van der Waals surface area contributed by atoms with Gasteiger partial charge in [0, 0.05) is 12.6 Å². The van der Waals surface area contributed by atoms with E-state index >= 15 is 0 Å². The smallest absolute Gasteiger partial charge is 0.334 e. The largest absolute Gasteiger partial charge is 0.352 e. The molecule has 0 spiro atoms. The number of hydrogen-bond donors (Lipinski definition) is 1. The number of hydrogen-bond acceptors (Lipinski definition) is 4. The van der Waals surface area contributed by atoms with Crippen LogP contribution in [0.1, 0.15) is 27.2 Å². The molecular weight excluding hydrogens is 238 g/mol. The van der Waals surface area contributed by atoms with Gasteiger partial charge in [-0.3, -0.25) is 19.3 Å². The number of imide groups is 2. The van der Waals surface area contributed by atoms with Crippen molar-refractivity contribution in [3.05, 3.63) is 0 Å². The lowest BCUT2D eigenvalue weighted by Gasteiger charge is -2.16. The molecule has 100 valence electrons. The second-order valence-corrected chi connectivity index (χ2v) is 4.10. The highest BCUT2D eigenvalue weighted by Crippen LogP contribution is 2.10. The third-order valence-electron chi connectivity index (χ3n) is 2.77. The number of likely N-dealkylation sites (N-methyl/N-ethyl adjacent to an activating group) is 1. The minimum absolute atomic E-state index is 0.0386. The monoisotopic (exact) mass is 255 g/mol. The zero-order chi connectivity index (χ0) is 13.9. The number of amides is 5. The SMILES string of the molecule is CC[C@H](C)NC(=O)CN1C(=O)C(=O)N(CC)C1=O. The van der Waals surface area contributed by atoms with Crippen molar-refractivity contribution in [1.82, 2.24) is 15.1 Å². The van der Waals surface area contributed by atoms with Crippen molar-refractivity contribution in [3.8, 4) is 0 Å². The molecule has 7 heteroatoms. The quantitative estimate of drug-likeness (QED) is 0.540. The number of nitrogens with one attached hydrogen (secondary N) is 1. The predicted molar refractivity (Wildman–Crippen MR) is 62.4 cm³/mol. The molecule has 18 heavy (non-hydrogen) atoms. The Bertz CT molecular complexity index is 394. The second-order valence-electron chi connectivity index (χ2n) is 4.10. The maximum Gasteiger partial charge on any atom is 0.334 e. The van der Waals surface area contributed by atoms with Crippen LogP contribution >= 0.6 is 0 Å². The molecule has 0 aromatic heterocycles. The molecular formula is C11H17N3O4. The lowest BCUT2D eigenvalue weighted by Crippen LogP contribution is -2.43. The first-order valence-corrected chi connectivity index (χ1v) is 5.89. The molecule has 0 aromatic rings. The summed E-state index contributed by atoms with van der Waals surface area (Å²) >= 11 is 0. The first-order valence-electron chi connectivity index (χ1n) is 5.89. The van der Waals surface area contributed by atoms with Crippen molar-refractivity contribution >= 4 is 23.8 Å². The lowest BCUT2D eigenvalue weighted by atomic mass is 10.2. The van der Waals surface area contributed by atoms with E-state index in [1.54, 1.807) is 6.92 Å². The summed E-state index contributed by atoms with van der Waals surface area (Å²) in [6.07, 6.45) is 0.744. The van der Waals surface area contributed by atoms with Gasteiger partial charge in [-0.25, -0.2) is 9.69 Å². The molecule has 1 atom stereocenters. The molecule has 0 aromatic carbocycles. The summed E-state index contributed by atoms with van der Waals surface area (Å²) in [5, 5.41) is 2.63. The Morgan fingerprint density at radius 1 is 1.17 bits per heavy atom. The van der Waals surface area contributed by atoms with Crippen LogP contribution in [-0.2, 0) is 14.4 Å². The molecule has 7 nitrogen and oxygen atoms in total. The van der Waals surface area contributed by atoms with Crippen LogP contribution < -0.4 is 5.32 Å². The van der Waals surface area contributed by atoms with E-state index in [0.29, 0.717) is 4.90 Å². The average molecular weight is 255 g/mol. The van der Waals surface area contributed by atoms with E-state index in [-0.39, 0.29) is 12.6 Å². The summed E-state index contributed by atoms with van der Waals surface area (Å²) in [6, 6.07) is -0.768. The van der Waals surface area contributed by atoms with Crippen molar-refractivity contribution in [2.24, 2.45) is 0 Å². The zero-order valence-electron chi connectivity index (χ0n) is 10.7. The summed E-state index contributed by atoms with van der Waals surface area (Å²) in [5.41, 5.74) is 0. The zero-order valence-corrected chi connectivity index (χ0v) is 10.7. The van der Waals surface area contributed by atoms with Gasteiger partial charge in [-0.05, 0) is 20.3 Å². The van der Waals surface area contributed by atoms with Crippen LogP contribution in [0, 0.1) is 0 Å². The van der Waals surface area contributed by atoms with Crippen molar-refractivity contribution < 1.29 is 19.2 Å². The third-order valence-corrected chi connectivity index (χ3v) is 2.77. The molecule has 1 rings (SSSR count). The standard InChI is InChI=1S/C11H17N3O4/c1-4-7(3)12-8(15)6-14-10(17)9(16)13(5-2)11(14)18/h7H,4-6H2,1-3H3,(H,12,15)/t7-/m0/s1. The summed E-state index contributed by atoms with van der Waals surface area (Å²) in [6.45, 7) is 5.01. The molecule has 1 saturated heterocycles. The van der Waals surface area contributed by atoms with Crippen LogP contribution in [0.3, 0.4) is 0 Å². The van der Waals surface area contributed by atoms with E-state index < -0.39 is 30.3 Å². The maximum atomic E-state index is 11.7. The van der Waals surface area contributed by atoms with Gasteiger partial charge in [0.2, 0.25) is 5.91 Å². The van der Waals surface area contributed by atoms with E-state index in [1.165, 1.54) is 0 Å². The molecule has 0 radical (unpaired) electrons. The Balaban J connectivity index is 2.68. The van der Waals surface area contributed by atoms with Gasteiger partial charge in [0.05, 0.1) is 0 Å². The van der Waals surface area contributed by atoms with Gasteiger partial charge in [0.1, 0.15) is 6.54 Å². The Labute approximate surface area is 105 Å². The van der Waals surface area contributed by atoms with Gasteiger partial charge in [-0.2, -0.15) is 0 Å².